The molecule has 1 aromatic carbocycles. The Morgan fingerprint density at radius 1 is 1.14 bits per heavy atom. The highest BCUT2D eigenvalue weighted by atomic mass is 16.1. The molecule has 0 amide bonds. The van der Waals surface area contributed by atoms with Crippen LogP contribution in [0.25, 0.3) is 0 Å². The van der Waals surface area contributed by atoms with Gasteiger partial charge in [0, 0.05) is 5.56 Å². The number of benzene rings is 1. The molecular formula is C13H10O. The highest BCUT2D eigenvalue weighted by Crippen LogP contribution is 2.00. The fraction of sp³-hybridized carbons (Fsp3) is 0.154. The molecular weight excluding hydrogens is 172 g/mol. The zero-order valence-electron chi connectivity index (χ0n) is 8.22. The van der Waals surface area contributed by atoms with E-state index in [-0.39, 0.29) is 5.78 Å². The number of carbonyl (C=O) groups is 1. The van der Waals surface area contributed by atoms with Crippen molar-refractivity contribution in [2.75, 3.05) is 0 Å². The third-order valence-corrected chi connectivity index (χ3v) is 1.61. The average Bonchev–Trinajstić information content (AvgIpc) is 2.17. The van der Waals surface area contributed by atoms with Gasteiger partial charge in [0.05, 0.1) is 0 Å². The van der Waals surface area contributed by atoms with E-state index in [4.69, 9.17) is 0 Å². The van der Waals surface area contributed by atoms with E-state index in [2.05, 4.69) is 23.7 Å². The van der Waals surface area contributed by atoms with Crippen molar-refractivity contribution < 1.29 is 4.79 Å². The van der Waals surface area contributed by atoms with Crippen LogP contribution in [0.4, 0.5) is 0 Å². The van der Waals surface area contributed by atoms with Crippen molar-refractivity contribution in [3.05, 3.63) is 35.4 Å². The molecule has 0 N–H and O–H groups in total. The molecule has 0 aliphatic carbocycles. The van der Waals surface area contributed by atoms with E-state index in [9.17, 15) is 4.79 Å². The lowest BCUT2D eigenvalue weighted by Crippen LogP contribution is -1.86. The molecule has 0 aliphatic heterocycles. The summed E-state index contributed by atoms with van der Waals surface area (Å²) in [5.41, 5.74) is 2.01. The highest BCUT2D eigenvalue weighted by Gasteiger charge is 1.88. The lowest BCUT2D eigenvalue weighted by Gasteiger charge is -1.90. The second-order valence-corrected chi connectivity index (χ2v) is 2.82. The zero-order chi connectivity index (χ0) is 10.4. The molecule has 0 aromatic heterocycles. The number of aryl methyl sites for hydroxylation is 1. The van der Waals surface area contributed by atoms with Crippen molar-refractivity contribution in [2.24, 2.45) is 0 Å². The monoisotopic (exact) mass is 182 g/mol. The molecule has 0 bridgehead atoms. The van der Waals surface area contributed by atoms with E-state index in [0.29, 0.717) is 0 Å². The van der Waals surface area contributed by atoms with Crippen molar-refractivity contribution in [1.29, 1.82) is 0 Å². The summed E-state index contributed by atoms with van der Waals surface area (Å²) in [5, 5.41) is 0. The highest BCUT2D eigenvalue weighted by molar-refractivity contribution is 6.09. The molecule has 0 saturated heterocycles. The largest absolute Gasteiger partial charge is 0.279 e. The van der Waals surface area contributed by atoms with Crippen LogP contribution >= 0.6 is 0 Å². The van der Waals surface area contributed by atoms with Gasteiger partial charge in [-0.1, -0.05) is 29.5 Å². The summed E-state index contributed by atoms with van der Waals surface area (Å²) in [6.07, 6.45) is 0. The average molecular weight is 182 g/mol. The molecule has 0 spiro atoms. The summed E-state index contributed by atoms with van der Waals surface area (Å²) >= 11 is 0. The first kappa shape index (κ1) is 10.1. The molecule has 1 rings (SSSR count). The summed E-state index contributed by atoms with van der Waals surface area (Å²) in [4.78, 5) is 10.9. The van der Waals surface area contributed by atoms with Crippen LogP contribution in [0.1, 0.15) is 18.1 Å². The number of Topliss-reactive ketones (excluding diaryl/α,β-unsaturated/α-hetero) is 1. The van der Waals surface area contributed by atoms with Gasteiger partial charge in [-0.15, -0.1) is 0 Å². The standard InChI is InChI=1S/C13H10O/c1-3-4-13(14)10-9-12-7-5-11(2)6-8-12/h5-8H,1-2H3. The van der Waals surface area contributed by atoms with Crippen molar-refractivity contribution >= 4 is 5.78 Å². The summed E-state index contributed by atoms with van der Waals surface area (Å²) in [7, 11) is 0. The van der Waals surface area contributed by atoms with E-state index in [1.165, 1.54) is 5.56 Å². The second kappa shape index (κ2) is 4.90. The molecule has 0 atom stereocenters. The first-order valence-electron chi connectivity index (χ1n) is 4.28. The Bertz CT molecular complexity index is 444. The Morgan fingerprint density at radius 2 is 1.79 bits per heavy atom. The molecule has 1 heteroatoms. The molecule has 0 saturated carbocycles. The summed E-state index contributed by atoms with van der Waals surface area (Å²) < 4.78 is 0. The lowest BCUT2D eigenvalue weighted by atomic mass is 10.1. The van der Waals surface area contributed by atoms with Crippen molar-refractivity contribution in [3.8, 4) is 23.7 Å². The Kier molecular flexibility index (Phi) is 3.53. The van der Waals surface area contributed by atoms with Crippen LogP contribution in [-0.4, -0.2) is 5.78 Å². The normalized spacial score (nSPS) is 7.86. The molecule has 1 aromatic rings. The molecule has 0 aliphatic rings. The van der Waals surface area contributed by atoms with Crippen molar-refractivity contribution in [2.45, 2.75) is 13.8 Å². The van der Waals surface area contributed by atoms with Gasteiger partial charge >= 0.3 is 0 Å². The molecule has 1 nitrogen and oxygen atoms in total. The van der Waals surface area contributed by atoms with Crippen LogP contribution in [-0.2, 0) is 4.79 Å². The van der Waals surface area contributed by atoms with Crippen LogP contribution in [0, 0.1) is 30.6 Å². The number of rotatable bonds is 0. The lowest BCUT2D eigenvalue weighted by molar-refractivity contribution is -0.108. The van der Waals surface area contributed by atoms with Gasteiger partial charge in [-0.05, 0) is 37.8 Å². The fourth-order valence-corrected chi connectivity index (χ4v) is 0.911. The van der Waals surface area contributed by atoms with Gasteiger partial charge in [0.15, 0.2) is 0 Å². The second-order valence-electron chi connectivity index (χ2n) is 2.82. The first-order valence-corrected chi connectivity index (χ1v) is 4.28. The van der Waals surface area contributed by atoms with E-state index >= 15 is 0 Å². The van der Waals surface area contributed by atoms with Gasteiger partial charge in [-0.3, -0.25) is 4.79 Å². The minimum Gasteiger partial charge on any atom is -0.270 e. The minimum absolute atomic E-state index is 0.340. The summed E-state index contributed by atoms with van der Waals surface area (Å²) in [6, 6.07) is 7.68. The van der Waals surface area contributed by atoms with Gasteiger partial charge in [-0.2, -0.15) is 0 Å². The Hall–Kier alpha value is -1.99. The molecule has 14 heavy (non-hydrogen) atoms. The number of hydrogen-bond acceptors (Lipinski definition) is 1. The maximum absolute atomic E-state index is 10.9. The van der Waals surface area contributed by atoms with Crippen LogP contribution in [0.3, 0.4) is 0 Å². The van der Waals surface area contributed by atoms with Crippen LogP contribution in [0.2, 0.25) is 0 Å². The van der Waals surface area contributed by atoms with Crippen molar-refractivity contribution in [1.82, 2.24) is 0 Å². The topological polar surface area (TPSA) is 17.1 Å². The third kappa shape index (κ3) is 3.17. The molecule has 0 heterocycles. The van der Waals surface area contributed by atoms with Crippen LogP contribution in [0.5, 0.6) is 0 Å². The maximum atomic E-state index is 10.9. The SMILES string of the molecule is CC#CC(=O)C#Cc1ccc(C)cc1. The van der Waals surface area contributed by atoms with Crippen LogP contribution < -0.4 is 0 Å². The van der Waals surface area contributed by atoms with E-state index in [0.717, 1.165) is 5.56 Å². The van der Waals surface area contributed by atoms with Crippen molar-refractivity contribution in [3.63, 3.8) is 0 Å². The third-order valence-electron chi connectivity index (χ3n) is 1.61. The first-order chi connectivity index (χ1) is 6.72. The smallest absolute Gasteiger partial charge is 0.270 e. The zero-order valence-corrected chi connectivity index (χ0v) is 8.22. The van der Waals surface area contributed by atoms with E-state index in [1.54, 1.807) is 6.92 Å². The number of ketones is 1. The van der Waals surface area contributed by atoms with E-state index < -0.39 is 0 Å². The molecule has 0 radical (unpaired) electrons. The Labute approximate surface area is 84.1 Å². The van der Waals surface area contributed by atoms with Gasteiger partial charge in [-0.25, -0.2) is 0 Å². The molecule has 0 unspecified atom stereocenters. The van der Waals surface area contributed by atoms with Gasteiger partial charge in [0.1, 0.15) is 0 Å². The predicted octanol–water partition coefficient (Wildman–Crippen LogP) is 1.94. The Balaban J connectivity index is 2.81. The van der Waals surface area contributed by atoms with E-state index in [1.807, 2.05) is 31.2 Å². The summed E-state index contributed by atoms with van der Waals surface area (Å²) in [6.45, 7) is 3.62. The fourth-order valence-electron chi connectivity index (χ4n) is 0.911. The predicted molar refractivity (Wildman–Crippen MR) is 56.5 cm³/mol. The quantitative estimate of drug-likeness (QED) is 0.442. The number of carbonyl (C=O) groups excluding carboxylic acids is 1. The van der Waals surface area contributed by atoms with Crippen LogP contribution in [0.15, 0.2) is 24.3 Å². The Morgan fingerprint density at radius 3 is 2.36 bits per heavy atom. The van der Waals surface area contributed by atoms with Gasteiger partial charge in [0.2, 0.25) is 0 Å². The number of hydrogen-bond donors (Lipinski definition) is 0. The van der Waals surface area contributed by atoms with Gasteiger partial charge in [0.25, 0.3) is 5.78 Å². The maximum Gasteiger partial charge on any atom is 0.279 e. The summed E-state index contributed by atoms with van der Waals surface area (Å²) in [5.74, 6) is 9.75. The molecule has 0 fully saturated rings. The van der Waals surface area contributed by atoms with Gasteiger partial charge < -0.3 is 0 Å². The minimum atomic E-state index is -0.340. The molecule has 68 valence electrons.